The maximum Gasteiger partial charge on any atom is 0.338 e. The molecule has 8 heteroatoms. The molecule has 0 saturated heterocycles. The molecule has 0 spiro atoms. The number of Topliss-reactive ketones (excluding diaryl/α,β-unsaturated/α-hetero) is 1. The number of hydrogen-bond donors (Lipinski definition) is 1. The molecule has 7 nitrogen and oxygen atoms in total. The van der Waals surface area contributed by atoms with Crippen LogP contribution in [0, 0.1) is 5.82 Å². The van der Waals surface area contributed by atoms with Crippen LogP contribution in [0.25, 0.3) is 0 Å². The summed E-state index contributed by atoms with van der Waals surface area (Å²) >= 11 is 0. The zero-order valence-electron chi connectivity index (χ0n) is 13.0. The van der Waals surface area contributed by atoms with Gasteiger partial charge in [-0.2, -0.15) is 0 Å². The molecule has 0 saturated carbocycles. The van der Waals surface area contributed by atoms with E-state index in [4.69, 9.17) is 4.74 Å². The summed E-state index contributed by atoms with van der Waals surface area (Å²) in [6.45, 7) is 0.456. The van der Waals surface area contributed by atoms with Gasteiger partial charge in [0.1, 0.15) is 18.2 Å². The first-order chi connectivity index (χ1) is 11.6. The van der Waals surface area contributed by atoms with Crippen LogP contribution in [-0.2, 0) is 17.7 Å². The summed E-state index contributed by atoms with van der Waals surface area (Å²) in [6.07, 6.45) is 3.35. The third kappa shape index (κ3) is 3.03. The largest absolute Gasteiger partial charge is 0.465 e. The van der Waals surface area contributed by atoms with E-state index in [2.05, 4.69) is 15.3 Å². The van der Waals surface area contributed by atoms with Gasteiger partial charge in [-0.05, 0) is 30.2 Å². The second-order valence-corrected chi connectivity index (χ2v) is 5.22. The standard InChI is InChI=1S/C16H15FN4O3/c1-24-16(23)12-3-2-11(17)6-10(12)4-5-21-9-20-14-13(22)7-18-8-19-15(14)21/h2-3,6,8-9H,4-5,7H2,1H3,(H,18,19). The Morgan fingerprint density at radius 2 is 2.29 bits per heavy atom. The number of aromatic nitrogens is 2. The zero-order chi connectivity index (χ0) is 17.1. The first-order valence-electron chi connectivity index (χ1n) is 7.30. The van der Waals surface area contributed by atoms with Gasteiger partial charge in [0, 0.05) is 6.54 Å². The lowest BCUT2D eigenvalue weighted by atomic mass is 10.0. The molecule has 2 heterocycles. The molecule has 3 rings (SSSR count). The molecule has 0 unspecified atom stereocenters. The number of hydrogen-bond acceptors (Lipinski definition) is 6. The summed E-state index contributed by atoms with van der Waals surface area (Å²) in [5, 5.41) is 2.92. The molecule has 1 aromatic carbocycles. The normalized spacial score (nSPS) is 13.2. The molecule has 1 aliphatic heterocycles. The summed E-state index contributed by atoms with van der Waals surface area (Å²) < 4.78 is 20.0. The maximum atomic E-state index is 13.5. The van der Waals surface area contributed by atoms with Crippen molar-refractivity contribution in [3.05, 3.63) is 47.2 Å². The first-order valence-corrected chi connectivity index (χ1v) is 7.30. The highest BCUT2D eigenvalue weighted by Crippen LogP contribution is 2.19. The molecule has 24 heavy (non-hydrogen) atoms. The Hall–Kier alpha value is -3.03. The van der Waals surface area contributed by atoms with Gasteiger partial charge < -0.3 is 14.6 Å². The zero-order valence-corrected chi connectivity index (χ0v) is 13.0. The van der Waals surface area contributed by atoms with Crippen LogP contribution >= 0.6 is 0 Å². The van der Waals surface area contributed by atoms with Crippen molar-refractivity contribution in [1.82, 2.24) is 9.55 Å². The number of ether oxygens (including phenoxy) is 1. The summed E-state index contributed by atoms with van der Waals surface area (Å²) in [5.74, 6) is -0.583. The number of fused-ring (bicyclic) bond motifs is 1. The van der Waals surface area contributed by atoms with E-state index in [1.165, 1.54) is 38.0 Å². The number of rotatable bonds is 4. The Morgan fingerprint density at radius 1 is 1.46 bits per heavy atom. The maximum absolute atomic E-state index is 13.5. The summed E-state index contributed by atoms with van der Waals surface area (Å²) in [5.41, 5.74) is 1.16. The number of carbonyl (C=O) groups is 2. The van der Waals surface area contributed by atoms with Crippen molar-refractivity contribution in [1.29, 1.82) is 0 Å². The summed E-state index contributed by atoms with van der Waals surface area (Å²) in [4.78, 5) is 31.7. The van der Waals surface area contributed by atoms with E-state index in [0.717, 1.165) is 0 Å². The van der Waals surface area contributed by atoms with Gasteiger partial charge in [-0.1, -0.05) is 0 Å². The minimum absolute atomic E-state index is 0.0490. The van der Waals surface area contributed by atoms with Crippen LogP contribution in [0.3, 0.4) is 0 Å². The van der Waals surface area contributed by atoms with Crippen molar-refractivity contribution in [3.63, 3.8) is 0 Å². The third-order valence-electron chi connectivity index (χ3n) is 3.72. The molecule has 0 amide bonds. The van der Waals surface area contributed by atoms with Gasteiger partial charge in [-0.25, -0.2) is 14.2 Å². The molecule has 2 aromatic rings. The fourth-order valence-corrected chi connectivity index (χ4v) is 2.54. The van der Waals surface area contributed by atoms with Gasteiger partial charge in [0.2, 0.25) is 5.78 Å². The van der Waals surface area contributed by atoms with E-state index < -0.39 is 11.8 Å². The van der Waals surface area contributed by atoms with Crippen LogP contribution in [0.1, 0.15) is 26.4 Å². The second kappa shape index (κ2) is 6.61. The molecule has 0 bridgehead atoms. The van der Waals surface area contributed by atoms with Crippen LogP contribution in [0.15, 0.2) is 29.5 Å². The highest BCUT2D eigenvalue weighted by molar-refractivity contribution is 6.04. The Bertz CT molecular complexity index is 829. The lowest BCUT2D eigenvalue weighted by Crippen LogP contribution is -2.11. The Balaban J connectivity index is 1.85. The number of carbonyl (C=O) groups excluding carboxylic acids is 2. The third-order valence-corrected chi connectivity index (χ3v) is 3.72. The van der Waals surface area contributed by atoms with Crippen LogP contribution in [0.4, 0.5) is 10.2 Å². The molecule has 1 N–H and O–H groups in total. The molecule has 0 fully saturated rings. The van der Waals surface area contributed by atoms with Gasteiger partial charge in [0.15, 0.2) is 5.69 Å². The van der Waals surface area contributed by atoms with Gasteiger partial charge >= 0.3 is 5.97 Å². The van der Waals surface area contributed by atoms with Crippen molar-refractivity contribution >= 4 is 23.9 Å². The van der Waals surface area contributed by atoms with Crippen molar-refractivity contribution in [2.75, 3.05) is 19.0 Å². The van der Waals surface area contributed by atoms with E-state index in [1.54, 1.807) is 4.57 Å². The van der Waals surface area contributed by atoms with E-state index >= 15 is 0 Å². The second-order valence-electron chi connectivity index (χ2n) is 5.22. The molecule has 0 aliphatic carbocycles. The monoisotopic (exact) mass is 330 g/mol. The molecular weight excluding hydrogens is 315 g/mol. The van der Waals surface area contributed by atoms with Crippen molar-refractivity contribution in [3.8, 4) is 0 Å². The average molecular weight is 330 g/mol. The van der Waals surface area contributed by atoms with Crippen LogP contribution < -0.4 is 5.32 Å². The molecule has 1 aromatic heterocycles. The van der Waals surface area contributed by atoms with E-state index in [1.807, 2.05) is 0 Å². The number of esters is 1. The number of aryl methyl sites for hydroxylation is 2. The van der Waals surface area contributed by atoms with Crippen LogP contribution in [-0.4, -0.2) is 41.3 Å². The van der Waals surface area contributed by atoms with Crippen LogP contribution in [0.5, 0.6) is 0 Å². The van der Waals surface area contributed by atoms with Gasteiger partial charge in [-0.15, -0.1) is 0 Å². The lowest BCUT2D eigenvalue weighted by Gasteiger charge is -2.11. The molecule has 0 atom stereocenters. The van der Waals surface area contributed by atoms with Crippen molar-refractivity contribution in [2.45, 2.75) is 13.0 Å². The molecule has 1 aliphatic rings. The van der Waals surface area contributed by atoms with E-state index in [0.29, 0.717) is 35.6 Å². The summed E-state index contributed by atoms with van der Waals surface area (Å²) in [7, 11) is 1.28. The van der Waals surface area contributed by atoms with E-state index in [-0.39, 0.29) is 12.3 Å². The number of nitrogens with one attached hydrogen (secondary N) is 1. The fraction of sp³-hybridized carbons (Fsp3) is 0.250. The Morgan fingerprint density at radius 3 is 3.08 bits per heavy atom. The van der Waals surface area contributed by atoms with Gasteiger partial charge in [0.25, 0.3) is 0 Å². The number of halogens is 1. The van der Waals surface area contributed by atoms with Gasteiger partial charge in [-0.3, -0.25) is 9.79 Å². The fourth-order valence-electron chi connectivity index (χ4n) is 2.54. The Kier molecular flexibility index (Phi) is 4.37. The van der Waals surface area contributed by atoms with Crippen molar-refractivity contribution < 1.29 is 18.7 Å². The van der Waals surface area contributed by atoms with Crippen LogP contribution in [0.2, 0.25) is 0 Å². The summed E-state index contributed by atoms with van der Waals surface area (Å²) in [6, 6.07) is 3.93. The smallest absolute Gasteiger partial charge is 0.338 e. The minimum Gasteiger partial charge on any atom is -0.465 e. The number of nitrogens with zero attached hydrogens (tertiary/aromatic N) is 3. The average Bonchev–Trinajstić information content (AvgIpc) is 2.89. The predicted octanol–water partition coefficient (Wildman–Crippen LogP) is 1.69. The predicted molar refractivity (Wildman–Crippen MR) is 85.0 cm³/mol. The number of benzene rings is 1. The molecule has 124 valence electrons. The lowest BCUT2D eigenvalue weighted by molar-refractivity contribution is 0.0599. The quantitative estimate of drug-likeness (QED) is 0.862. The highest BCUT2D eigenvalue weighted by atomic mass is 19.1. The van der Waals surface area contributed by atoms with Crippen molar-refractivity contribution in [2.24, 2.45) is 4.99 Å². The van der Waals surface area contributed by atoms with Gasteiger partial charge in [0.05, 0.1) is 25.3 Å². The number of anilines is 1. The Labute approximate surface area is 137 Å². The molecular formula is C16H15FN4O3. The number of ketones is 1. The number of methoxy groups -OCH3 is 1. The number of imidazole rings is 1. The van der Waals surface area contributed by atoms with E-state index in [9.17, 15) is 14.0 Å². The topological polar surface area (TPSA) is 85.6 Å². The highest BCUT2D eigenvalue weighted by Gasteiger charge is 2.20. The minimum atomic E-state index is -0.519. The first kappa shape index (κ1) is 15.9. The number of aliphatic imine (C=N–C) groups is 1. The SMILES string of the molecule is COC(=O)c1ccc(F)cc1CCn1cnc2c1NC=NCC2=O. The molecule has 0 radical (unpaired) electrons.